The van der Waals surface area contributed by atoms with Gasteiger partial charge in [-0.3, -0.25) is 4.79 Å². The zero-order valence-corrected chi connectivity index (χ0v) is 13.7. The Morgan fingerprint density at radius 1 is 0.826 bits per heavy atom. The van der Waals surface area contributed by atoms with Crippen LogP contribution >= 0.6 is 0 Å². The molecule has 0 saturated carbocycles. The van der Waals surface area contributed by atoms with Crippen LogP contribution in [0.2, 0.25) is 0 Å². The first-order valence-corrected chi connectivity index (χ1v) is 7.74. The highest BCUT2D eigenvalue weighted by atomic mass is 16.5. The van der Waals surface area contributed by atoms with Crippen LogP contribution in [0.4, 0.5) is 0 Å². The number of ether oxygens (including phenoxy) is 2. The summed E-state index contributed by atoms with van der Waals surface area (Å²) in [7, 11) is 3.29. The van der Waals surface area contributed by atoms with Gasteiger partial charge in [0.05, 0.1) is 14.2 Å². The van der Waals surface area contributed by atoms with E-state index in [1.807, 2.05) is 48.5 Å². The Hall–Kier alpha value is -2.49. The van der Waals surface area contributed by atoms with Gasteiger partial charge in [0.1, 0.15) is 11.5 Å². The van der Waals surface area contributed by atoms with E-state index in [2.05, 4.69) is 5.32 Å². The zero-order valence-electron chi connectivity index (χ0n) is 13.7. The average molecular weight is 313 g/mol. The van der Waals surface area contributed by atoms with E-state index in [1.165, 1.54) is 5.56 Å². The summed E-state index contributed by atoms with van der Waals surface area (Å²) in [5.74, 6) is 1.75. The van der Waals surface area contributed by atoms with Crippen LogP contribution in [0, 0.1) is 0 Å². The SMILES string of the molecule is COc1ccc(CCNC(=O)CCc2ccc(OC)cc2)cc1. The number of methoxy groups -OCH3 is 2. The van der Waals surface area contributed by atoms with Crippen LogP contribution < -0.4 is 14.8 Å². The number of carbonyl (C=O) groups is 1. The van der Waals surface area contributed by atoms with Crippen molar-refractivity contribution in [3.63, 3.8) is 0 Å². The van der Waals surface area contributed by atoms with Crippen molar-refractivity contribution in [1.82, 2.24) is 5.32 Å². The predicted molar refractivity (Wildman–Crippen MR) is 91.0 cm³/mol. The van der Waals surface area contributed by atoms with Crippen LogP contribution in [0.3, 0.4) is 0 Å². The maximum atomic E-state index is 11.9. The van der Waals surface area contributed by atoms with Crippen LogP contribution in [0.5, 0.6) is 11.5 Å². The van der Waals surface area contributed by atoms with Crippen LogP contribution in [-0.4, -0.2) is 26.7 Å². The average Bonchev–Trinajstić information content (AvgIpc) is 2.61. The number of rotatable bonds is 8. The van der Waals surface area contributed by atoms with E-state index in [0.717, 1.165) is 29.9 Å². The van der Waals surface area contributed by atoms with Gasteiger partial charge in [-0.2, -0.15) is 0 Å². The van der Waals surface area contributed by atoms with Crippen molar-refractivity contribution in [3.8, 4) is 11.5 Å². The Morgan fingerprint density at radius 3 is 1.78 bits per heavy atom. The Morgan fingerprint density at radius 2 is 1.30 bits per heavy atom. The van der Waals surface area contributed by atoms with Crippen LogP contribution in [0.15, 0.2) is 48.5 Å². The maximum Gasteiger partial charge on any atom is 0.220 e. The molecule has 0 unspecified atom stereocenters. The molecular formula is C19H23NO3. The van der Waals surface area contributed by atoms with Gasteiger partial charge >= 0.3 is 0 Å². The molecule has 0 bridgehead atoms. The second-order valence-corrected chi connectivity index (χ2v) is 5.30. The normalized spacial score (nSPS) is 10.2. The second-order valence-electron chi connectivity index (χ2n) is 5.30. The van der Waals surface area contributed by atoms with Crippen LogP contribution in [-0.2, 0) is 17.6 Å². The van der Waals surface area contributed by atoms with E-state index < -0.39 is 0 Å². The monoisotopic (exact) mass is 313 g/mol. The van der Waals surface area contributed by atoms with E-state index >= 15 is 0 Å². The summed E-state index contributed by atoms with van der Waals surface area (Å²) in [4.78, 5) is 11.9. The maximum absolute atomic E-state index is 11.9. The zero-order chi connectivity index (χ0) is 16.5. The van der Waals surface area contributed by atoms with E-state index in [4.69, 9.17) is 9.47 Å². The number of aryl methyl sites for hydroxylation is 1. The predicted octanol–water partition coefficient (Wildman–Crippen LogP) is 3.00. The molecule has 1 N–H and O–H groups in total. The number of carbonyl (C=O) groups excluding carboxylic acids is 1. The highest BCUT2D eigenvalue weighted by Gasteiger charge is 2.03. The first kappa shape index (κ1) is 16.9. The summed E-state index contributed by atoms with van der Waals surface area (Å²) in [5, 5.41) is 2.96. The molecule has 0 atom stereocenters. The van der Waals surface area contributed by atoms with Crippen molar-refractivity contribution >= 4 is 5.91 Å². The molecule has 4 heteroatoms. The largest absolute Gasteiger partial charge is 0.497 e. The van der Waals surface area contributed by atoms with E-state index in [9.17, 15) is 4.79 Å². The van der Waals surface area contributed by atoms with Crippen molar-refractivity contribution in [2.75, 3.05) is 20.8 Å². The second kappa shape index (κ2) is 8.83. The van der Waals surface area contributed by atoms with Crippen LogP contribution in [0.25, 0.3) is 0 Å². The molecule has 0 aliphatic heterocycles. The van der Waals surface area contributed by atoms with Crippen LogP contribution in [0.1, 0.15) is 17.5 Å². The fourth-order valence-corrected chi connectivity index (χ4v) is 2.28. The summed E-state index contributed by atoms with van der Waals surface area (Å²) in [6.45, 7) is 0.647. The topological polar surface area (TPSA) is 47.6 Å². The molecule has 0 aromatic heterocycles. The first-order chi connectivity index (χ1) is 11.2. The lowest BCUT2D eigenvalue weighted by molar-refractivity contribution is -0.121. The summed E-state index contributed by atoms with van der Waals surface area (Å²) in [6, 6.07) is 15.7. The van der Waals surface area contributed by atoms with Gasteiger partial charge in [0.25, 0.3) is 0 Å². The molecule has 0 radical (unpaired) electrons. The molecular weight excluding hydrogens is 290 g/mol. The molecule has 0 aliphatic rings. The summed E-state index contributed by atoms with van der Waals surface area (Å²) in [6.07, 6.45) is 2.05. The minimum Gasteiger partial charge on any atom is -0.497 e. The van der Waals surface area contributed by atoms with Gasteiger partial charge in [0.2, 0.25) is 5.91 Å². The Balaban J connectivity index is 1.67. The third-order valence-electron chi connectivity index (χ3n) is 3.69. The van der Waals surface area contributed by atoms with Crippen molar-refractivity contribution in [2.24, 2.45) is 0 Å². The van der Waals surface area contributed by atoms with Gasteiger partial charge in [-0.15, -0.1) is 0 Å². The third-order valence-corrected chi connectivity index (χ3v) is 3.69. The van der Waals surface area contributed by atoms with Gasteiger partial charge in [-0.25, -0.2) is 0 Å². The molecule has 0 saturated heterocycles. The lowest BCUT2D eigenvalue weighted by Gasteiger charge is -2.07. The van der Waals surface area contributed by atoms with Gasteiger partial charge in [-0.05, 0) is 48.2 Å². The fraction of sp³-hybridized carbons (Fsp3) is 0.316. The Labute approximate surface area is 137 Å². The van der Waals surface area contributed by atoms with Gasteiger partial charge < -0.3 is 14.8 Å². The molecule has 2 aromatic carbocycles. The lowest BCUT2D eigenvalue weighted by Crippen LogP contribution is -2.25. The number of benzene rings is 2. The number of hydrogen-bond acceptors (Lipinski definition) is 3. The van der Waals surface area contributed by atoms with Crippen molar-refractivity contribution in [2.45, 2.75) is 19.3 Å². The van der Waals surface area contributed by atoms with E-state index in [-0.39, 0.29) is 5.91 Å². The third kappa shape index (κ3) is 5.66. The molecule has 0 spiro atoms. The number of nitrogens with one attached hydrogen (secondary N) is 1. The van der Waals surface area contributed by atoms with Crippen molar-refractivity contribution < 1.29 is 14.3 Å². The quantitative estimate of drug-likeness (QED) is 0.815. The van der Waals surface area contributed by atoms with Gasteiger partial charge in [0, 0.05) is 13.0 Å². The highest BCUT2D eigenvalue weighted by molar-refractivity contribution is 5.76. The molecule has 23 heavy (non-hydrogen) atoms. The van der Waals surface area contributed by atoms with Gasteiger partial charge in [0.15, 0.2) is 0 Å². The highest BCUT2D eigenvalue weighted by Crippen LogP contribution is 2.13. The summed E-state index contributed by atoms with van der Waals surface area (Å²) >= 11 is 0. The first-order valence-electron chi connectivity index (χ1n) is 7.74. The van der Waals surface area contributed by atoms with E-state index in [1.54, 1.807) is 14.2 Å². The van der Waals surface area contributed by atoms with E-state index in [0.29, 0.717) is 13.0 Å². The summed E-state index contributed by atoms with van der Waals surface area (Å²) < 4.78 is 10.2. The molecule has 122 valence electrons. The molecule has 0 fully saturated rings. The molecule has 0 aliphatic carbocycles. The Kier molecular flexibility index (Phi) is 6.48. The van der Waals surface area contributed by atoms with Crippen molar-refractivity contribution in [3.05, 3.63) is 59.7 Å². The summed E-state index contributed by atoms with van der Waals surface area (Å²) in [5.41, 5.74) is 2.32. The number of amides is 1. The smallest absolute Gasteiger partial charge is 0.220 e. The lowest BCUT2D eigenvalue weighted by atomic mass is 10.1. The molecule has 4 nitrogen and oxygen atoms in total. The minimum absolute atomic E-state index is 0.0781. The molecule has 1 amide bonds. The number of hydrogen-bond donors (Lipinski definition) is 1. The fourth-order valence-electron chi connectivity index (χ4n) is 2.28. The standard InChI is InChI=1S/C19H23NO3/c1-22-17-8-3-15(4-9-17)7-12-19(21)20-14-13-16-5-10-18(23-2)11-6-16/h3-6,8-11H,7,12-14H2,1-2H3,(H,20,21). The Bertz CT molecular complexity index is 606. The molecule has 2 aromatic rings. The van der Waals surface area contributed by atoms with Crippen molar-refractivity contribution in [1.29, 1.82) is 0 Å². The molecule has 0 heterocycles. The minimum atomic E-state index is 0.0781. The molecule has 2 rings (SSSR count). The van der Waals surface area contributed by atoms with Gasteiger partial charge in [-0.1, -0.05) is 24.3 Å².